The van der Waals surface area contributed by atoms with E-state index < -0.39 is 0 Å². The lowest BCUT2D eigenvalue weighted by Crippen LogP contribution is -2.17. The van der Waals surface area contributed by atoms with Crippen LogP contribution < -0.4 is 4.03 Å². The summed E-state index contributed by atoms with van der Waals surface area (Å²) in [7, 11) is 0. The van der Waals surface area contributed by atoms with Crippen molar-refractivity contribution in [1.29, 1.82) is 0 Å². The minimum atomic E-state index is 1.08. The zero-order valence-electron chi connectivity index (χ0n) is 6.34. The molecule has 0 heterocycles. The molecule has 2 nitrogen and oxygen atoms in total. The number of aryl methyl sites for hydroxylation is 1. The molecule has 0 aromatic heterocycles. The molecule has 0 aliphatic heterocycles. The maximum absolute atomic E-state index is 3.37. The molecule has 66 valence electrons. The van der Waals surface area contributed by atoms with Crippen molar-refractivity contribution in [2.75, 3.05) is 4.03 Å². The second-order valence-corrected chi connectivity index (χ2v) is 5.23. The van der Waals surface area contributed by atoms with Crippen molar-refractivity contribution in [3.63, 3.8) is 0 Å². The Morgan fingerprint density at radius 3 is 2.17 bits per heavy atom. The highest BCUT2D eigenvalue weighted by molar-refractivity contribution is 9.21. The van der Waals surface area contributed by atoms with Crippen molar-refractivity contribution >= 4 is 54.1 Å². The summed E-state index contributed by atoms with van der Waals surface area (Å²) in [5, 5.41) is 0. The van der Waals surface area contributed by atoms with Crippen molar-refractivity contribution in [3.05, 3.63) is 29.8 Å². The third-order valence-electron chi connectivity index (χ3n) is 1.45. The fraction of sp³-hybridized carbons (Fsp3) is 0.143. The van der Waals surface area contributed by atoms with Crippen LogP contribution in [0, 0.1) is 6.92 Å². The predicted molar refractivity (Wildman–Crippen MR) is 62.3 cm³/mol. The topological polar surface area (TPSA) is 6.48 Å². The summed E-state index contributed by atoms with van der Waals surface area (Å²) in [6.07, 6.45) is 0. The van der Waals surface area contributed by atoms with Gasteiger partial charge >= 0.3 is 0 Å². The van der Waals surface area contributed by atoms with Gasteiger partial charge in [-0.2, -0.15) is 0 Å². The van der Waals surface area contributed by atoms with E-state index in [0.29, 0.717) is 0 Å². The zero-order chi connectivity index (χ0) is 9.14. The van der Waals surface area contributed by atoms with Gasteiger partial charge in [0.05, 0.1) is 21.8 Å². The van der Waals surface area contributed by atoms with Gasteiger partial charge in [0, 0.05) is 32.3 Å². The smallest absolute Gasteiger partial charge is 0.0699 e. The van der Waals surface area contributed by atoms with Gasteiger partial charge in [0.1, 0.15) is 0 Å². The van der Waals surface area contributed by atoms with E-state index in [4.69, 9.17) is 0 Å². The fourth-order valence-corrected chi connectivity index (χ4v) is 1.59. The molecule has 0 aliphatic carbocycles. The number of hydrogen-bond acceptors (Lipinski definition) is 2. The van der Waals surface area contributed by atoms with E-state index in [-0.39, 0.29) is 0 Å². The highest BCUT2D eigenvalue weighted by Crippen LogP contribution is 2.27. The maximum atomic E-state index is 3.37. The van der Waals surface area contributed by atoms with E-state index in [1.54, 1.807) is 7.10 Å². The van der Waals surface area contributed by atoms with E-state index in [1.165, 1.54) is 5.56 Å². The van der Waals surface area contributed by atoms with Gasteiger partial charge < -0.3 is 0 Å². The van der Waals surface area contributed by atoms with Crippen LogP contribution in [-0.2, 0) is 0 Å². The van der Waals surface area contributed by atoms with Crippen LogP contribution in [0.2, 0.25) is 0 Å². The lowest BCUT2D eigenvalue weighted by Gasteiger charge is -2.20. The fourth-order valence-electron chi connectivity index (χ4n) is 0.852. The van der Waals surface area contributed by atoms with Crippen LogP contribution in [-0.4, -0.2) is 3.06 Å². The first-order chi connectivity index (χ1) is 5.63. The Bertz CT molecular complexity index is 265. The van der Waals surface area contributed by atoms with Crippen molar-refractivity contribution in [2.45, 2.75) is 6.92 Å². The number of hydrazine groups is 1. The average molecular weight is 359 g/mol. The molecule has 0 N–H and O–H groups in total. The van der Waals surface area contributed by atoms with Gasteiger partial charge in [0.15, 0.2) is 0 Å². The van der Waals surface area contributed by atoms with Crippen LogP contribution in [0.5, 0.6) is 0 Å². The lowest BCUT2D eigenvalue weighted by atomic mass is 10.2. The Balaban J connectivity index is 2.94. The van der Waals surface area contributed by atoms with Crippen LogP contribution in [0.1, 0.15) is 5.56 Å². The number of halogens is 3. The van der Waals surface area contributed by atoms with Crippen LogP contribution in [0.25, 0.3) is 0 Å². The Hall–Kier alpha value is 0.420. The largest absolute Gasteiger partial charge is 0.218 e. The second kappa shape index (κ2) is 4.60. The van der Waals surface area contributed by atoms with Crippen LogP contribution >= 0.6 is 48.4 Å². The molecule has 0 aliphatic rings. The molecule has 0 radical (unpaired) electrons. The molecular weight excluding hydrogens is 352 g/mol. The third-order valence-corrected chi connectivity index (χ3v) is 3.63. The standard InChI is InChI=1S/C7H7Br3N2/c1-6-4-2-3-5-7(6)11(8)12(9)10/h2-5H,1H3. The summed E-state index contributed by atoms with van der Waals surface area (Å²) in [5.41, 5.74) is 2.27. The summed E-state index contributed by atoms with van der Waals surface area (Å²) < 4.78 is 3.37. The molecule has 0 spiro atoms. The molecule has 5 heteroatoms. The van der Waals surface area contributed by atoms with Gasteiger partial charge in [0.25, 0.3) is 0 Å². The van der Waals surface area contributed by atoms with Gasteiger partial charge in [-0.3, -0.25) is 0 Å². The van der Waals surface area contributed by atoms with Gasteiger partial charge in [-0.15, -0.1) is 0 Å². The first kappa shape index (κ1) is 10.5. The molecule has 0 unspecified atom stereocenters. The monoisotopic (exact) mass is 356 g/mol. The number of anilines is 1. The van der Waals surface area contributed by atoms with Crippen LogP contribution in [0.4, 0.5) is 5.69 Å². The first-order valence-corrected chi connectivity index (χ1v) is 5.39. The Morgan fingerprint density at radius 1 is 1.08 bits per heavy atom. The maximum Gasteiger partial charge on any atom is 0.0699 e. The molecule has 0 saturated heterocycles. The normalized spacial score (nSPS) is 10.4. The molecule has 0 bridgehead atoms. The molecule has 0 atom stereocenters. The summed E-state index contributed by atoms with van der Waals surface area (Å²) in [5.74, 6) is 0. The van der Waals surface area contributed by atoms with Crippen molar-refractivity contribution in [1.82, 2.24) is 3.06 Å². The Labute approximate surface area is 97.5 Å². The molecule has 1 aromatic carbocycles. The molecule has 1 rings (SSSR count). The molecule has 0 fully saturated rings. The Kier molecular flexibility index (Phi) is 4.02. The minimum Gasteiger partial charge on any atom is -0.218 e. The van der Waals surface area contributed by atoms with Gasteiger partial charge in [-0.1, -0.05) is 21.3 Å². The van der Waals surface area contributed by atoms with E-state index in [0.717, 1.165) is 5.69 Å². The van der Waals surface area contributed by atoms with Crippen molar-refractivity contribution in [3.8, 4) is 0 Å². The second-order valence-electron chi connectivity index (χ2n) is 2.26. The van der Waals surface area contributed by atoms with E-state index in [2.05, 4.69) is 48.4 Å². The zero-order valence-corrected chi connectivity index (χ0v) is 11.1. The van der Waals surface area contributed by atoms with E-state index in [9.17, 15) is 0 Å². The summed E-state index contributed by atoms with van der Waals surface area (Å²) in [6.45, 7) is 2.05. The predicted octanol–water partition coefficient (Wildman–Crippen LogP) is 3.95. The highest BCUT2D eigenvalue weighted by atomic mass is 79.9. The molecule has 12 heavy (non-hydrogen) atoms. The highest BCUT2D eigenvalue weighted by Gasteiger charge is 2.09. The summed E-state index contributed by atoms with van der Waals surface area (Å²) >= 11 is 9.85. The SMILES string of the molecule is Cc1ccccc1N(Br)N(Br)Br. The number of nitrogens with zero attached hydrogens (tertiary/aromatic N) is 2. The number of rotatable bonds is 2. The number of benzene rings is 1. The van der Waals surface area contributed by atoms with Crippen LogP contribution in [0.15, 0.2) is 24.3 Å². The number of hydrogen-bond donors (Lipinski definition) is 0. The lowest BCUT2D eigenvalue weighted by molar-refractivity contribution is 0.881. The van der Waals surface area contributed by atoms with Gasteiger partial charge in [-0.05, 0) is 18.6 Å². The van der Waals surface area contributed by atoms with Crippen molar-refractivity contribution in [2.24, 2.45) is 0 Å². The van der Waals surface area contributed by atoms with E-state index >= 15 is 0 Å². The number of para-hydroxylation sites is 1. The molecule has 1 aromatic rings. The van der Waals surface area contributed by atoms with Gasteiger partial charge in [-0.25, -0.2) is 4.03 Å². The summed E-state index contributed by atoms with van der Waals surface area (Å²) in [4.78, 5) is 0. The van der Waals surface area contributed by atoms with E-state index in [1.807, 2.05) is 31.2 Å². The first-order valence-electron chi connectivity index (χ1n) is 3.26. The minimum absolute atomic E-state index is 1.08. The van der Waals surface area contributed by atoms with Crippen LogP contribution in [0.3, 0.4) is 0 Å². The molecule has 0 saturated carbocycles. The Morgan fingerprint density at radius 2 is 1.67 bits per heavy atom. The molecule has 0 amide bonds. The summed E-state index contributed by atoms with van der Waals surface area (Å²) in [6, 6.07) is 8.05. The quantitative estimate of drug-likeness (QED) is 0.583. The molecular formula is C7H7Br3N2. The van der Waals surface area contributed by atoms with Crippen molar-refractivity contribution < 1.29 is 0 Å². The third kappa shape index (κ3) is 2.45. The average Bonchev–Trinajstić information content (AvgIpc) is 2.04. The van der Waals surface area contributed by atoms with Gasteiger partial charge in [0.2, 0.25) is 0 Å².